The minimum atomic E-state index is -5.03. The second-order valence-corrected chi connectivity index (χ2v) is 9.18. The van der Waals surface area contributed by atoms with E-state index in [4.69, 9.17) is 11.6 Å². The van der Waals surface area contributed by atoms with Crippen LogP contribution in [0.1, 0.15) is 32.7 Å². The van der Waals surface area contributed by atoms with Gasteiger partial charge in [-0.15, -0.1) is 0 Å². The molecule has 1 aliphatic heterocycles. The first-order valence-corrected chi connectivity index (χ1v) is 12.0. The molecule has 1 aliphatic rings. The van der Waals surface area contributed by atoms with Crippen LogP contribution in [0.3, 0.4) is 0 Å². The van der Waals surface area contributed by atoms with Crippen molar-refractivity contribution in [3.63, 3.8) is 0 Å². The first kappa shape index (κ1) is 28.6. The SMILES string of the molecule is O=C(O)c1c(CCc2cc(C(F)(F)F)cc(C(F)(F)F)c2)nc(N2CCNCC2)nc1-c1ccc(F)cc1Cl. The smallest absolute Gasteiger partial charge is 0.416 e. The fraction of sp³-hybridized carbons (Fsp3) is 0.320. The van der Waals surface area contributed by atoms with Crippen LogP contribution in [0.5, 0.6) is 0 Å². The lowest BCUT2D eigenvalue weighted by molar-refractivity contribution is -0.143. The summed E-state index contributed by atoms with van der Waals surface area (Å²) in [7, 11) is 0. The molecular weight excluding hydrogens is 557 g/mol. The molecule has 208 valence electrons. The van der Waals surface area contributed by atoms with Crippen LogP contribution in [0.2, 0.25) is 5.02 Å². The van der Waals surface area contributed by atoms with Crippen LogP contribution in [0.25, 0.3) is 11.3 Å². The molecule has 1 aromatic heterocycles. The summed E-state index contributed by atoms with van der Waals surface area (Å²) in [6, 6.07) is 4.46. The predicted molar refractivity (Wildman–Crippen MR) is 128 cm³/mol. The number of piperazine rings is 1. The Morgan fingerprint density at radius 3 is 2.10 bits per heavy atom. The standard InChI is InChI=1S/C25H20ClF7N4O2/c26-18-12-16(27)2-3-17(18)21-20(22(38)39)19(35-23(36-21)37-7-5-34-6-8-37)4-1-13-9-14(24(28,29)30)11-15(10-13)25(31,32)33/h2-3,9-12,34H,1,4-8H2,(H,38,39). The highest BCUT2D eigenvalue weighted by atomic mass is 35.5. The number of carboxylic acid groups (broad SMARTS) is 1. The van der Waals surface area contributed by atoms with Gasteiger partial charge in [-0.1, -0.05) is 11.6 Å². The van der Waals surface area contributed by atoms with Crippen molar-refractivity contribution in [2.24, 2.45) is 0 Å². The number of nitrogens with one attached hydrogen (secondary N) is 1. The van der Waals surface area contributed by atoms with Gasteiger partial charge in [0.05, 0.1) is 27.5 Å². The number of nitrogens with zero attached hydrogens (tertiary/aromatic N) is 3. The number of hydrogen-bond acceptors (Lipinski definition) is 5. The van der Waals surface area contributed by atoms with Gasteiger partial charge < -0.3 is 15.3 Å². The quantitative estimate of drug-likeness (QED) is 0.358. The average molecular weight is 577 g/mol. The number of halogens is 8. The Kier molecular flexibility index (Phi) is 8.03. The molecule has 0 bridgehead atoms. The number of carboxylic acids is 1. The van der Waals surface area contributed by atoms with Crippen molar-refractivity contribution in [2.75, 3.05) is 31.1 Å². The number of benzene rings is 2. The van der Waals surface area contributed by atoms with Crippen molar-refractivity contribution in [1.29, 1.82) is 0 Å². The summed E-state index contributed by atoms with van der Waals surface area (Å²) in [5.74, 6) is -2.07. The Bertz CT molecular complexity index is 1360. The maximum absolute atomic E-state index is 13.7. The zero-order valence-corrected chi connectivity index (χ0v) is 20.7. The molecule has 2 N–H and O–H groups in total. The molecule has 6 nitrogen and oxygen atoms in total. The monoisotopic (exact) mass is 576 g/mol. The topological polar surface area (TPSA) is 78.3 Å². The number of carbonyl (C=O) groups is 1. The number of aryl methyl sites for hydroxylation is 2. The summed E-state index contributed by atoms with van der Waals surface area (Å²) < 4.78 is 93.6. The lowest BCUT2D eigenvalue weighted by Gasteiger charge is -2.28. The minimum Gasteiger partial charge on any atom is -0.478 e. The molecule has 0 unspecified atom stereocenters. The molecule has 2 heterocycles. The molecule has 0 saturated carbocycles. The van der Waals surface area contributed by atoms with Crippen molar-refractivity contribution < 1.29 is 40.6 Å². The molecule has 0 radical (unpaired) electrons. The number of aromatic carboxylic acids is 1. The number of anilines is 1. The molecular formula is C25H20ClF7N4O2. The van der Waals surface area contributed by atoms with Gasteiger partial charge in [0.2, 0.25) is 5.95 Å². The molecule has 0 atom stereocenters. The maximum atomic E-state index is 13.7. The van der Waals surface area contributed by atoms with Crippen LogP contribution >= 0.6 is 11.6 Å². The molecule has 3 aromatic rings. The van der Waals surface area contributed by atoms with E-state index in [9.17, 15) is 40.6 Å². The van der Waals surface area contributed by atoms with Gasteiger partial charge in [0.1, 0.15) is 11.4 Å². The van der Waals surface area contributed by atoms with E-state index >= 15 is 0 Å². The van der Waals surface area contributed by atoms with Gasteiger partial charge in [0, 0.05) is 31.7 Å². The summed E-state index contributed by atoms with van der Waals surface area (Å²) >= 11 is 6.19. The van der Waals surface area contributed by atoms with Gasteiger partial charge in [0.25, 0.3) is 0 Å². The summed E-state index contributed by atoms with van der Waals surface area (Å²) in [6.07, 6.45) is -10.8. The number of rotatable bonds is 6. The van der Waals surface area contributed by atoms with Crippen LogP contribution in [0.4, 0.5) is 36.7 Å². The molecule has 0 amide bonds. The van der Waals surface area contributed by atoms with Crippen molar-refractivity contribution in [1.82, 2.24) is 15.3 Å². The number of aromatic nitrogens is 2. The van der Waals surface area contributed by atoms with E-state index in [0.29, 0.717) is 38.3 Å². The van der Waals surface area contributed by atoms with E-state index < -0.39 is 40.8 Å². The Labute approximate surface area is 222 Å². The van der Waals surface area contributed by atoms with E-state index in [1.54, 1.807) is 4.90 Å². The number of hydrogen-bond donors (Lipinski definition) is 2. The lowest BCUT2D eigenvalue weighted by atomic mass is 9.97. The van der Waals surface area contributed by atoms with E-state index in [1.807, 2.05) is 0 Å². The fourth-order valence-corrected chi connectivity index (χ4v) is 4.47. The van der Waals surface area contributed by atoms with Gasteiger partial charge >= 0.3 is 18.3 Å². The Morgan fingerprint density at radius 1 is 0.949 bits per heavy atom. The van der Waals surface area contributed by atoms with Crippen molar-refractivity contribution in [3.8, 4) is 11.3 Å². The first-order chi connectivity index (χ1) is 18.2. The Hall–Kier alpha value is -3.45. The van der Waals surface area contributed by atoms with E-state index in [-0.39, 0.29) is 52.4 Å². The summed E-state index contributed by atoms with van der Waals surface area (Å²) in [5, 5.41) is 13.0. The largest absolute Gasteiger partial charge is 0.478 e. The highest BCUT2D eigenvalue weighted by Crippen LogP contribution is 2.37. The lowest BCUT2D eigenvalue weighted by Crippen LogP contribution is -2.44. The molecule has 4 rings (SSSR count). The highest BCUT2D eigenvalue weighted by molar-refractivity contribution is 6.33. The Morgan fingerprint density at radius 2 is 1.56 bits per heavy atom. The molecule has 0 aliphatic carbocycles. The van der Waals surface area contributed by atoms with Gasteiger partial charge in [-0.3, -0.25) is 0 Å². The zero-order chi connectivity index (χ0) is 28.5. The summed E-state index contributed by atoms with van der Waals surface area (Å²) in [5.41, 5.74) is -3.89. The van der Waals surface area contributed by atoms with Crippen LogP contribution in [-0.4, -0.2) is 47.2 Å². The average Bonchev–Trinajstić information content (AvgIpc) is 2.86. The van der Waals surface area contributed by atoms with Crippen LogP contribution in [-0.2, 0) is 25.2 Å². The maximum Gasteiger partial charge on any atom is 0.416 e. The predicted octanol–water partition coefficient (Wildman–Crippen LogP) is 5.87. The molecule has 2 aromatic carbocycles. The second kappa shape index (κ2) is 11.0. The first-order valence-electron chi connectivity index (χ1n) is 11.6. The summed E-state index contributed by atoms with van der Waals surface area (Å²) in [6.45, 7) is 2.03. The molecule has 0 spiro atoms. The molecule has 39 heavy (non-hydrogen) atoms. The zero-order valence-electron chi connectivity index (χ0n) is 19.9. The third-order valence-electron chi connectivity index (χ3n) is 6.07. The van der Waals surface area contributed by atoms with E-state index in [1.165, 1.54) is 6.07 Å². The van der Waals surface area contributed by atoms with Crippen LogP contribution in [0, 0.1) is 5.82 Å². The number of alkyl halides is 6. The van der Waals surface area contributed by atoms with E-state index in [0.717, 1.165) is 12.1 Å². The molecule has 1 fully saturated rings. The van der Waals surface area contributed by atoms with Crippen molar-refractivity contribution in [3.05, 3.63) is 75.2 Å². The highest BCUT2D eigenvalue weighted by Gasteiger charge is 2.37. The van der Waals surface area contributed by atoms with Crippen LogP contribution in [0.15, 0.2) is 36.4 Å². The van der Waals surface area contributed by atoms with Gasteiger partial charge in [-0.05, 0) is 54.8 Å². The third kappa shape index (κ3) is 6.59. The molecule has 1 saturated heterocycles. The van der Waals surface area contributed by atoms with Crippen molar-refractivity contribution in [2.45, 2.75) is 25.2 Å². The Balaban J connectivity index is 1.83. The molecule has 14 heteroatoms. The van der Waals surface area contributed by atoms with Gasteiger partial charge in [-0.2, -0.15) is 26.3 Å². The van der Waals surface area contributed by atoms with Crippen LogP contribution < -0.4 is 10.2 Å². The third-order valence-corrected chi connectivity index (χ3v) is 6.38. The minimum absolute atomic E-state index is 0.0218. The van der Waals surface area contributed by atoms with Crippen molar-refractivity contribution >= 4 is 23.5 Å². The fourth-order valence-electron chi connectivity index (χ4n) is 4.21. The summed E-state index contributed by atoms with van der Waals surface area (Å²) in [4.78, 5) is 22.8. The van der Waals surface area contributed by atoms with Gasteiger partial charge in [-0.25, -0.2) is 19.2 Å². The van der Waals surface area contributed by atoms with Gasteiger partial charge in [0.15, 0.2) is 0 Å². The second-order valence-electron chi connectivity index (χ2n) is 8.77. The normalized spacial score (nSPS) is 14.5. The van der Waals surface area contributed by atoms with E-state index in [2.05, 4.69) is 15.3 Å².